The number of halogens is 1. The lowest BCUT2D eigenvalue weighted by Crippen LogP contribution is -2.37. The van der Waals surface area contributed by atoms with Gasteiger partial charge in [0.25, 0.3) is 0 Å². The topological polar surface area (TPSA) is 75.7 Å². The van der Waals surface area contributed by atoms with Crippen molar-refractivity contribution in [2.45, 2.75) is 10.6 Å². The molecule has 6 nitrogen and oxygen atoms in total. The predicted octanol–water partition coefficient (Wildman–Crippen LogP) is 6.83. The molecule has 0 saturated heterocycles. The zero-order chi connectivity index (χ0) is 26.3. The van der Waals surface area contributed by atoms with E-state index in [1.807, 2.05) is 72.8 Å². The van der Waals surface area contributed by atoms with Crippen molar-refractivity contribution in [2.75, 3.05) is 22.4 Å². The fourth-order valence-electron chi connectivity index (χ4n) is 3.46. The average Bonchev–Trinajstić information content (AvgIpc) is 2.88. The van der Waals surface area contributed by atoms with Crippen LogP contribution in [0.1, 0.15) is 5.56 Å². The van der Waals surface area contributed by atoms with Gasteiger partial charge in [0.1, 0.15) is 18.0 Å². The second kappa shape index (κ2) is 12.2. The second-order valence-electron chi connectivity index (χ2n) is 8.14. The number of nitrogens with one attached hydrogen (secondary N) is 1. The van der Waals surface area contributed by atoms with Gasteiger partial charge in [-0.05, 0) is 66.2 Å². The minimum Gasteiger partial charge on any atom is -0.457 e. The summed E-state index contributed by atoms with van der Waals surface area (Å²) in [5, 5.41) is 3.54. The lowest BCUT2D eigenvalue weighted by molar-refractivity contribution is -0.114. The van der Waals surface area contributed by atoms with Gasteiger partial charge in [0.2, 0.25) is 15.9 Å². The van der Waals surface area contributed by atoms with Gasteiger partial charge in [0.05, 0.1) is 17.6 Å². The molecule has 4 aromatic carbocycles. The lowest BCUT2D eigenvalue weighted by Gasteiger charge is -2.22. The maximum absolute atomic E-state index is 12.9. The van der Waals surface area contributed by atoms with Crippen LogP contribution in [0, 0.1) is 0 Å². The fourth-order valence-corrected chi connectivity index (χ4v) is 5.41. The number of anilines is 2. The first-order valence-electron chi connectivity index (χ1n) is 11.3. The molecule has 0 unspecified atom stereocenters. The molecule has 0 heterocycles. The Kier molecular flexibility index (Phi) is 8.76. The van der Waals surface area contributed by atoms with Gasteiger partial charge in [-0.3, -0.25) is 9.10 Å². The standard InChI is InChI=1S/C28H25ClN2O4S2/c1-37(33,34)31(23-15-17-25(18-16-23)35-24-7-3-2-4-8-24)19-28(32)30-26-9-5-6-10-27(26)36-20-21-11-13-22(29)14-12-21/h2-18H,19-20H2,1H3,(H,30,32). The van der Waals surface area contributed by atoms with Crippen molar-refractivity contribution in [3.63, 3.8) is 0 Å². The highest BCUT2D eigenvalue weighted by Gasteiger charge is 2.21. The van der Waals surface area contributed by atoms with Crippen LogP contribution in [0.15, 0.2) is 108 Å². The van der Waals surface area contributed by atoms with Gasteiger partial charge in [0.15, 0.2) is 0 Å². The van der Waals surface area contributed by atoms with E-state index in [0.717, 1.165) is 21.0 Å². The highest BCUT2D eigenvalue weighted by molar-refractivity contribution is 7.98. The molecule has 0 spiro atoms. The van der Waals surface area contributed by atoms with Crippen LogP contribution in [0.25, 0.3) is 0 Å². The van der Waals surface area contributed by atoms with Crippen LogP contribution < -0.4 is 14.4 Å². The van der Waals surface area contributed by atoms with Crippen LogP contribution in [0.2, 0.25) is 5.02 Å². The summed E-state index contributed by atoms with van der Waals surface area (Å²) in [4.78, 5) is 13.8. The monoisotopic (exact) mass is 552 g/mol. The summed E-state index contributed by atoms with van der Waals surface area (Å²) in [6.45, 7) is -0.367. The Morgan fingerprint density at radius 3 is 2.16 bits per heavy atom. The van der Waals surface area contributed by atoms with Gasteiger partial charge in [-0.25, -0.2) is 8.42 Å². The highest BCUT2D eigenvalue weighted by atomic mass is 35.5. The molecule has 0 aliphatic rings. The number of nitrogens with zero attached hydrogens (tertiary/aromatic N) is 1. The van der Waals surface area contributed by atoms with E-state index in [1.165, 1.54) is 0 Å². The van der Waals surface area contributed by atoms with E-state index in [9.17, 15) is 13.2 Å². The first-order valence-corrected chi connectivity index (χ1v) is 14.6. The first-order chi connectivity index (χ1) is 17.8. The third-order valence-electron chi connectivity index (χ3n) is 5.26. The molecule has 0 aliphatic heterocycles. The molecule has 0 radical (unpaired) electrons. The van der Waals surface area contributed by atoms with E-state index in [0.29, 0.717) is 33.6 Å². The molecule has 4 aromatic rings. The summed E-state index contributed by atoms with van der Waals surface area (Å²) >= 11 is 7.53. The Labute approximate surface area is 226 Å². The van der Waals surface area contributed by atoms with E-state index in [-0.39, 0.29) is 6.54 Å². The largest absolute Gasteiger partial charge is 0.457 e. The Balaban J connectivity index is 1.44. The molecular weight excluding hydrogens is 528 g/mol. The summed E-state index contributed by atoms with van der Waals surface area (Å²) in [5.74, 6) is 1.47. The Morgan fingerprint density at radius 1 is 0.865 bits per heavy atom. The summed E-state index contributed by atoms with van der Waals surface area (Å²) < 4.78 is 31.9. The van der Waals surface area contributed by atoms with Gasteiger partial charge in [-0.15, -0.1) is 11.8 Å². The lowest BCUT2D eigenvalue weighted by atomic mass is 10.2. The van der Waals surface area contributed by atoms with Gasteiger partial charge < -0.3 is 10.1 Å². The Bertz CT molecular complexity index is 1450. The molecule has 0 saturated carbocycles. The van der Waals surface area contributed by atoms with Crippen molar-refractivity contribution in [1.29, 1.82) is 0 Å². The van der Waals surface area contributed by atoms with E-state index in [2.05, 4.69) is 5.32 Å². The number of amides is 1. The highest BCUT2D eigenvalue weighted by Crippen LogP contribution is 2.31. The summed E-state index contributed by atoms with van der Waals surface area (Å²) in [6.07, 6.45) is 1.07. The third-order valence-corrected chi connectivity index (χ3v) is 7.80. The quantitative estimate of drug-likeness (QED) is 0.218. The number of carbonyl (C=O) groups excluding carboxylic acids is 1. The molecule has 0 aliphatic carbocycles. The molecule has 0 fully saturated rings. The minimum absolute atomic E-state index is 0.364. The number of para-hydroxylation sites is 2. The number of sulfonamides is 1. The SMILES string of the molecule is CS(=O)(=O)N(CC(=O)Nc1ccccc1SCc1ccc(Cl)cc1)c1ccc(Oc2ccccc2)cc1. The molecule has 0 aromatic heterocycles. The number of benzene rings is 4. The van der Waals surface area contributed by atoms with Crippen molar-refractivity contribution in [3.05, 3.63) is 114 Å². The molecular formula is C28H25ClN2O4S2. The summed E-state index contributed by atoms with van der Waals surface area (Å²) in [5.41, 5.74) is 2.08. The van der Waals surface area contributed by atoms with E-state index in [1.54, 1.807) is 42.1 Å². The van der Waals surface area contributed by atoms with Crippen molar-refractivity contribution in [1.82, 2.24) is 0 Å². The van der Waals surface area contributed by atoms with Crippen LogP contribution in [0.5, 0.6) is 11.5 Å². The fraction of sp³-hybridized carbons (Fsp3) is 0.107. The molecule has 4 rings (SSSR count). The number of carbonyl (C=O) groups is 1. The van der Waals surface area contributed by atoms with Crippen LogP contribution >= 0.6 is 23.4 Å². The van der Waals surface area contributed by atoms with Crippen molar-refractivity contribution < 1.29 is 17.9 Å². The van der Waals surface area contributed by atoms with E-state index in [4.69, 9.17) is 16.3 Å². The number of thioether (sulfide) groups is 1. The maximum atomic E-state index is 12.9. The van der Waals surface area contributed by atoms with Crippen LogP contribution in [0.3, 0.4) is 0 Å². The van der Waals surface area contributed by atoms with Crippen LogP contribution in [-0.2, 0) is 20.6 Å². The summed E-state index contributed by atoms with van der Waals surface area (Å²) in [6, 6.07) is 30.8. The van der Waals surface area contributed by atoms with Gasteiger partial charge in [0, 0.05) is 15.7 Å². The number of rotatable bonds is 10. The predicted molar refractivity (Wildman–Crippen MR) is 151 cm³/mol. The van der Waals surface area contributed by atoms with E-state index >= 15 is 0 Å². The van der Waals surface area contributed by atoms with E-state index < -0.39 is 15.9 Å². The molecule has 9 heteroatoms. The van der Waals surface area contributed by atoms with Crippen LogP contribution in [-0.4, -0.2) is 27.1 Å². The number of hydrogen-bond donors (Lipinski definition) is 1. The zero-order valence-corrected chi connectivity index (χ0v) is 22.4. The van der Waals surface area contributed by atoms with Crippen molar-refractivity contribution in [2.24, 2.45) is 0 Å². The number of ether oxygens (including phenoxy) is 1. The van der Waals surface area contributed by atoms with Gasteiger partial charge >= 0.3 is 0 Å². The second-order valence-corrected chi connectivity index (χ2v) is 11.5. The molecule has 0 atom stereocenters. The van der Waals surface area contributed by atoms with Gasteiger partial charge in [-0.2, -0.15) is 0 Å². The molecule has 1 amide bonds. The van der Waals surface area contributed by atoms with Crippen LogP contribution in [0.4, 0.5) is 11.4 Å². The molecule has 1 N–H and O–H groups in total. The van der Waals surface area contributed by atoms with Crippen molar-refractivity contribution in [3.8, 4) is 11.5 Å². The van der Waals surface area contributed by atoms with Crippen molar-refractivity contribution >= 4 is 50.7 Å². The molecule has 190 valence electrons. The normalized spacial score (nSPS) is 11.1. The minimum atomic E-state index is -3.72. The zero-order valence-electron chi connectivity index (χ0n) is 20.0. The Hall–Kier alpha value is -3.46. The maximum Gasteiger partial charge on any atom is 0.245 e. The average molecular weight is 553 g/mol. The van der Waals surface area contributed by atoms with Gasteiger partial charge in [-0.1, -0.05) is 54.1 Å². The third kappa shape index (κ3) is 7.76. The summed E-state index contributed by atoms with van der Waals surface area (Å²) in [7, 11) is -3.72. The number of hydrogen-bond acceptors (Lipinski definition) is 5. The first kappa shape index (κ1) is 26.6. The Morgan fingerprint density at radius 2 is 1.49 bits per heavy atom. The molecule has 0 bridgehead atoms. The molecule has 37 heavy (non-hydrogen) atoms. The smallest absolute Gasteiger partial charge is 0.245 e.